The minimum Gasteiger partial charge on any atom is -0.444 e. The lowest BCUT2D eigenvalue weighted by Gasteiger charge is -2.39. The predicted molar refractivity (Wildman–Crippen MR) is 103 cm³/mol. The van der Waals surface area contributed by atoms with Crippen molar-refractivity contribution in [3.63, 3.8) is 0 Å². The molecule has 2 rings (SSSR count). The number of alkyl carbamates (subject to hydrolysis) is 1. The first kappa shape index (κ1) is 19.6. The molecule has 0 aromatic heterocycles. The number of allylic oxidation sites excluding steroid dienone is 2. The van der Waals surface area contributed by atoms with E-state index in [0.717, 1.165) is 18.4 Å². The number of nitrogens with one attached hydrogen (secondary N) is 1. The zero-order valence-corrected chi connectivity index (χ0v) is 16.6. The lowest BCUT2D eigenvalue weighted by atomic mass is 9.66. The van der Waals surface area contributed by atoms with E-state index in [1.165, 1.54) is 12.0 Å². The molecule has 1 unspecified atom stereocenters. The van der Waals surface area contributed by atoms with E-state index in [1.807, 2.05) is 20.8 Å². The molecule has 0 fully saturated rings. The van der Waals surface area contributed by atoms with Crippen LogP contribution < -0.4 is 5.32 Å². The van der Waals surface area contributed by atoms with Gasteiger partial charge in [-0.3, -0.25) is 0 Å². The second-order valence-electron chi connectivity index (χ2n) is 9.45. The molecule has 0 saturated heterocycles. The van der Waals surface area contributed by atoms with Crippen molar-refractivity contribution in [3.8, 4) is 0 Å². The summed E-state index contributed by atoms with van der Waals surface area (Å²) in [6.45, 7) is 13.1. The minimum absolute atomic E-state index is 0.220. The Morgan fingerprint density at radius 1 is 1.12 bits per heavy atom. The molecule has 0 saturated carbocycles. The molecule has 0 aliphatic heterocycles. The largest absolute Gasteiger partial charge is 0.444 e. The molecule has 1 amide bonds. The van der Waals surface area contributed by atoms with E-state index >= 15 is 0 Å². The van der Waals surface area contributed by atoms with Gasteiger partial charge in [0.2, 0.25) is 0 Å². The summed E-state index contributed by atoms with van der Waals surface area (Å²) >= 11 is 0. The summed E-state index contributed by atoms with van der Waals surface area (Å²) in [7, 11) is 0. The van der Waals surface area contributed by atoms with Crippen LogP contribution in [0.1, 0.15) is 65.5 Å². The summed E-state index contributed by atoms with van der Waals surface area (Å²) < 4.78 is 5.26. The van der Waals surface area contributed by atoms with Crippen LogP contribution in [0.15, 0.2) is 36.4 Å². The molecule has 1 aromatic carbocycles. The quantitative estimate of drug-likeness (QED) is 0.719. The average molecular weight is 344 g/mol. The van der Waals surface area contributed by atoms with Gasteiger partial charge in [0.15, 0.2) is 0 Å². The average Bonchev–Trinajstić information content (AvgIpc) is 2.43. The van der Waals surface area contributed by atoms with Crippen molar-refractivity contribution < 1.29 is 9.53 Å². The highest BCUT2D eigenvalue weighted by Crippen LogP contribution is 2.43. The maximum Gasteiger partial charge on any atom is 0.407 e. The van der Waals surface area contributed by atoms with Gasteiger partial charge in [-0.05, 0) is 62.0 Å². The Labute approximate surface area is 152 Å². The van der Waals surface area contributed by atoms with E-state index in [4.69, 9.17) is 4.74 Å². The van der Waals surface area contributed by atoms with Crippen molar-refractivity contribution in [3.05, 3.63) is 47.5 Å². The summed E-state index contributed by atoms with van der Waals surface area (Å²) in [5.41, 5.74) is 2.55. The van der Waals surface area contributed by atoms with Gasteiger partial charge in [-0.25, -0.2) is 4.79 Å². The Kier molecular flexibility index (Phi) is 5.65. The Balaban J connectivity index is 1.91. The Hall–Kier alpha value is -1.77. The fourth-order valence-electron chi connectivity index (χ4n) is 3.74. The number of benzene rings is 1. The van der Waals surface area contributed by atoms with Crippen molar-refractivity contribution in [1.29, 1.82) is 0 Å². The molecule has 0 radical (unpaired) electrons. The second kappa shape index (κ2) is 7.23. The van der Waals surface area contributed by atoms with Crippen LogP contribution in [0, 0.1) is 10.8 Å². The summed E-state index contributed by atoms with van der Waals surface area (Å²) in [5.74, 6) is 0. The Bertz CT molecular complexity index is 622. The van der Waals surface area contributed by atoms with Gasteiger partial charge in [0.1, 0.15) is 5.60 Å². The van der Waals surface area contributed by atoms with Gasteiger partial charge in [0, 0.05) is 6.54 Å². The number of hydrogen-bond donors (Lipinski definition) is 1. The zero-order chi connectivity index (χ0) is 18.7. The first-order valence-corrected chi connectivity index (χ1v) is 9.19. The third kappa shape index (κ3) is 6.56. The van der Waals surface area contributed by atoms with Crippen LogP contribution in [0.4, 0.5) is 4.79 Å². The third-order valence-electron chi connectivity index (χ3n) is 4.54. The Morgan fingerprint density at radius 3 is 2.28 bits per heavy atom. The molecule has 1 aromatic rings. The van der Waals surface area contributed by atoms with Crippen molar-refractivity contribution in [1.82, 2.24) is 5.32 Å². The summed E-state index contributed by atoms with van der Waals surface area (Å²) in [4.78, 5) is 11.7. The SMILES string of the molecule is CC1(C)CC=CC(C)(Cc2ccc(CNC(=O)OC(C)(C)C)cc2)C1. The van der Waals surface area contributed by atoms with Gasteiger partial charge in [-0.15, -0.1) is 0 Å². The van der Waals surface area contributed by atoms with E-state index in [1.54, 1.807) is 0 Å². The third-order valence-corrected chi connectivity index (χ3v) is 4.54. The molecule has 3 nitrogen and oxygen atoms in total. The summed E-state index contributed by atoms with van der Waals surface area (Å²) in [6.07, 6.45) is 7.76. The summed E-state index contributed by atoms with van der Waals surface area (Å²) in [5, 5.41) is 2.80. The van der Waals surface area contributed by atoms with Crippen molar-refractivity contribution in [2.75, 3.05) is 0 Å². The van der Waals surface area contributed by atoms with E-state index < -0.39 is 5.60 Å². The molecule has 1 N–H and O–H groups in total. The molecule has 25 heavy (non-hydrogen) atoms. The molecule has 138 valence electrons. The molecule has 3 heteroatoms. The molecular weight excluding hydrogens is 310 g/mol. The molecule has 0 bridgehead atoms. The predicted octanol–water partition coefficient (Wildman–Crippen LogP) is 5.64. The monoisotopic (exact) mass is 343 g/mol. The number of ether oxygens (including phenoxy) is 1. The maximum absolute atomic E-state index is 11.7. The molecule has 1 aliphatic carbocycles. The van der Waals surface area contributed by atoms with Gasteiger partial charge in [0.05, 0.1) is 0 Å². The van der Waals surface area contributed by atoms with Gasteiger partial charge in [0.25, 0.3) is 0 Å². The number of carbonyl (C=O) groups excluding carboxylic acids is 1. The van der Waals surface area contributed by atoms with Crippen molar-refractivity contribution in [2.45, 2.75) is 73.0 Å². The van der Waals surface area contributed by atoms with E-state index in [2.05, 4.69) is 62.5 Å². The van der Waals surface area contributed by atoms with Crippen LogP contribution in [0.2, 0.25) is 0 Å². The molecular formula is C22H33NO2. The fourth-order valence-corrected chi connectivity index (χ4v) is 3.74. The zero-order valence-electron chi connectivity index (χ0n) is 16.6. The van der Waals surface area contributed by atoms with Gasteiger partial charge in [-0.2, -0.15) is 0 Å². The normalized spacial score (nSPS) is 22.5. The van der Waals surface area contributed by atoms with Crippen LogP contribution >= 0.6 is 0 Å². The second-order valence-corrected chi connectivity index (χ2v) is 9.45. The van der Waals surface area contributed by atoms with E-state index in [0.29, 0.717) is 12.0 Å². The molecule has 0 heterocycles. The number of amides is 1. The van der Waals surface area contributed by atoms with Crippen LogP contribution in [-0.4, -0.2) is 11.7 Å². The maximum atomic E-state index is 11.7. The van der Waals surface area contributed by atoms with Crippen LogP contribution in [0.5, 0.6) is 0 Å². The first-order valence-electron chi connectivity index (χ1n) is 9.19. The summed E-state index contributed by atoms with van der Waals surface area (Å²) in [6, 6.07) is 8.53. The van der Waals surface area contributed by atoms with Crippen LogP contribution in [-0.2, 0) is 17.7 Å². The fraction of sp³-hybridized carbons (Fsp3) is 0.591. The minimum atomic E-state index is -0.468. The smallest absolute Gasteiger partial charge is 0.407 e. The standard InChI is InChI=1S/C22H33NO2/c1-20(2,3)25-19(24)23-15-18-10-8-17(9-11-18)14-22(6)13-7-12-21(4,5)16-22/h7-11,13H,12,14-16H2,1-6H3,(H,23,24). The van der Waals surface area contributed by atoms with E-state index in [-0.39, 0.29) is 11.5 Å². The lowest BCUT2D eigenvalue weighted by Crippen LogP contribution is -2.32. The van der Waals surface area contributed by atoms with Crippen LogP contribution in [0.25, 0.3) is 0 Å². The Morgan fingerprint density at radius 2 is 1.72 bits per heavy atom. The molecule has 1 atom stereocenters. The highest BCUT2D eigenvalue weighted by molar-refractivity contribution is 5.67. The van der Waals surface area contributed by atoms with E-state index in [9.17, 15) is 4.79 Å². The number of hydrogen-bond acceptors (Lipinski definition) is 2. The van der Waals surface area contributed by atoms with Gasteiger partial charge in [-0.1, -0.05) is 57.2 Å². The van der Waals surface area contributed by atoms with Crippen LogP contribution in [0.3, 0.4) is 0 Å². The first-order chi connectivity index (χ1) is 11.5. The van der Waals surface area contributed by atoms with Crippen molar-refractivity contribution in [2.24, 2.45) is 10.8 Å². The molecule has 0 spiro atoms. The van der Waals surface area contributed by atoms with Gasteiger partial charge < -0.3 is 10.1 Å². The number of carbonyl (C=O) groups is 1. The van der Waals surface area contributed by atoms with Gasteiger partial charge >= 0.3 is 6.09 Å². The molecule has 1 aliphatic rings. The van der Waals surface area contributed by atoms with Crippen molar-refractivity contribution >= 4 is 6.09 Å². The lowest BCUT2D eigenvalue weighted by molar-refractivity contribution is 0.0523. The topological polar surface area (TPSA) is 38.3 Å². The highest BCUT2D eigenvalue weighted by Gasteiger charge is 2.33. The highest BCUT2D eigenvalue weighted by atomic mass is 16.6. The number of rotatable bonds is 4.